The van der Waals surface area contributed by atoms with E-state index < -0.39 is 5.41 Å². The van der Waals surface area contributed by atoms with Gasteiger partial charge in [-0.2, -0.15) is 5.10 Å². The van der Waals surface area contributed by atoms with Crippen LogP contribution in [0.4, 0.5) is 4.39 Å². The van der Waals surface area contributed by atoms with E-state index in [0.29, 0.717) is 18.7 Å². The summed E-state index contributed by atoms with van der Waals surface area (Å²) < 4.78 is 15.5. The molecule has 0 fully saturated rings. The van der Waals surface area contributed by atoms with Crippen LogP contribution in [-0.2, 0) is 12.0 Å². The summed E-state index contributed by atoms with van der Waals surface area (Å²) in [6, 6.07) is 17.9. The van der Waals surface area contributed by atoms with E-state index in [1.807, 2.05) is 67.9 Å². The molecule has 0 aliphatic heterocycles. The molecule has 2 aromatic carbocycles. The maximum Gasteiger partial charge on any atom is 0.252 e. The number of nitrogens with zero attached hydrogens (tertiary/aromatic N) is 3. The van der Waals surface area contributed by atoms with Crippen LogP contribution in [0.3, 0.4) is 0 Å². The molecule has 0 aliphatic rings. The fourth-order valence-electron chi connectivity index (χ4n) is 3.62. The quantitative estimate of drug-likeness (QED) is 0.498. The first-order valence-corrected chi connectivity index (χ1v) is 10.2. The Morgan fingerprint density at radius 2 is 1.90 bits per heavy atom. The fraction of sp³-hybridized carbons (Fsp3) is 0.240. The standard InChI is InChI=1S/C25H25FN4O/c1-17-11-12-28-30(17)15-20-14-22(21-9-4-5-10-23(21)29-20)24(31)27-16-25(2,3)18-7-6-8-19(26)13-18/h4-14H,15-16H2,1-3H3,(H,27,31). The van der Waals surface area contributed by atoms with Crippen molar-refractivity contribution in [3.8, 4) is 0 Å². The molecule has 5 nitrogen and oxygen atoms in total. The van der Waals surface area contributed by atoms with Crippen molar-refractivity contribution in [2.24, 2.45) is 0 Å². The van der Waals surface area contributed by atoms with Gasteiger partial charge in [0.1, 0.15) is 5.82 Å². The lowest BCUT2D eigenvalue weighted by atomic mass is 9.84. The SMILES string of the molecule is Cc1ccnn1Cc1cc(C(=O)NCC(C)(C)c2cccc(F)c2)c2ccccc2n1. The average Bonchev–Trinajstić information content (AvgIpc) is 3.16. The Labute approximate surface area is 180 Å². The number of nitrogens with one attached hydrogen (secondary N) is 1. The Morgan fingerprint density at radius 3 is 2.65 bits per heavy atom. The van der Waals surface area contributed by atoms with Crippen LogP contribution < -0.4 is 5.32 Å². The van der Waals surface area contributed by atoms with Gasteiger partial charge < -0.3 is 5.32 Å². The van der Waals surface area contributed by atoms with Crippen molar-refractivity contribution in [2.75, 3.05) is 6.54 Å². The number of carbonyl (C=O) groups is 1. The van der Waals surface area contributed by atoms with Crippen LogP contribution in [0.25, 0.3) is 10.9 Å². The van der Waals surface area contributed by atoms with Gasteiger partial charge in [0.05, 0.1) is 23.3 Å². The molecule has 4 aromatic rings. The molecule has 158 valence electrons. The molecule has 2 heterocycles. The van der Waals surface area contributed by atoms with Crippen molar-refractivity contribution in [2.45, 2.75) is 32.7 Å². The highest BCUT2D eigenvalue weighted by Crippen LogP contribution is 2.24. The topological polar surface area (TPSA) is 59.8 Å². The van der Waals surface area contributed by atoms with E-state index in [0.717, 1.165) is 27.9 Å². The Hall–Kier alpha value is -3.54. The first kappa shape index (κ1) is 20.7. The van der Waals surface area contributed by atoms with Crippen molar-refractivity contribution in [1.82, 2.24) is 20.1 Å². The molecule has 0 spiro atoms. The second-order valence-electron chi connectivity index (χ2n) is 8.39. The summed E-state index contributed by atoms with van der Waals surface area (Å²) in [6.07, 6.45) is 1.75. The van der Waals surface area contributed by atoms with E-state index in [1.54, 1.807) is 12.3 Å². The van der Waals surface area contributed by atoms with E-state index >= 15 is 0 Å². The number of fused-ring (bicyclic) bond motifs is 1. The molecular formula is C25H25FN4O. The number of hydrogen-bond donors (Lipinski definition) is 1. The lowest BCUT2D eigenvalue weighted by molar-refractivity contribution is 0.0947. The number of pyridine rings is 1. The van der Waals surface area contributed by atoms with Crippen molar-refractivity contribution in [3.63, 3.8) is 0 Å². The Morgan fingerprint density at radius 1 is 1.10 bits per heavy atom. The summed E-state index contributed by atoms with van der Waals surface area (Å²) in [5.41, 5.74) is 3.54. The maximum atomic E-state index is 13.7. The van der Waals surface area contributed by atoms with Crippen molar-refractivity contribution < 1.29 is 9.18 Å². The normalized spacial score (nSPS) is 11.6. The molecule has 6 heteroatoms. The van der Waals surface area contributed by atoms with Crippen molar-refractivity contribution >= 4 is 16.8 Å². The molecule has 2 aromatic heterocycles. The number of benzene rings is 2. The number of halogens is 1. The van der Waals surface area contributed by atoms with Gasteiger partial charge in [-0.3, -0.25) is 14.5 Å². The number of para-hydroxylation sites is 1. The molecule has 4 rings (SSSR count). The lowest BCUT2D eigenvalue weighted by Gasteiger charge is -2.26. The largest absolute Gasteiger partial charge is 0.351 e. The van der Waals surface area contributed by atoms with Crippen LogP contribution >= 0.6 is 0 Å². The maximum absolute atomic E-state index is 13.7. The van der Waals surface area contributed by atoms with E-state index in [1.165, 1.54) is 12.1 Å². The van der Waals surface area contributed by atoms with Crippen molar-refractivity contribution in [3.05, 3.63) is 95.2 Å². The minimum Gasteiger partial charge on any atom is -0.351 e. The first-order chi connectivity index (χ1) is 14.8. The summed E-state index contributed by atoms with van der Waals surface area (Å²) in [7, 11) is 0. The number of hydrogen-bond acceptors (Lipinski definition) is 3. The predicted molar refractivity (Wildman–Crippen MR) is 120 cm³/mol. The van der Waals surface area contributed by atoms with Gasteiger partial charge in [-0.15, -0.1) is 0 Å². The highest BCUT2D eigenvalue weighted by molar-refractivity contribution is 6.06. The molecule has 31 heavy (non-hydrogen) atoms. The van der Waals surface area contributed by atoms with Gasteiger partial charge in [0.2, 0.25) is 0 Å². The van der Waals surface area contributed by atoms with Gasteiger partial charge in [-0.05, 0) is 42.8 Å². The van der Waals surface area contributed by atoms with Crippen molar-refractivity contribution in [1.29, 1.82) is 0 Å². The summed E-state index contributed by atoms with van der Waals surface area (Å²) in [6.45, 7) is 6.81. The van der Waals surface area contributed by atoms with Crippen LogP contribution in [0.2, 0.25) is 0 Å². The molecule has 0 bridgehead atoms. The number of carbonyl (C=O) groups excluding carboxylic acids is 1. The van der Waals surface area contributed by atoms with Gasteiger partial charge in [0.25, 0.3) is 5.91 Å². The smallest absolute Gasteiger partial charge is 0.252 e. The molecule has 0 saturated carbocycles. The molecule has 0 saturated heterocycles. The van der Waals surface area contributed by atoms with Crippen LogP contribution in [0, 0.1) is 12.7 Å². The molecular weight excluding hydrogens is 391 g/mol. The zero-order valence-corrected chi connectivity index (χ0v) is 17.9. The van der Waals surface area contributed by atoms with Gasteiger partial charge in [0, 0.05) is 29.2 Å². The summed E-state index contributed by atoms with van der Waals surface area (Å²) in [5.74, 6) is -0.461. The highest BCUT2D eigenvalue weighted by atomic mass is 19.1. The molecule has 0 aliphatic carbocycles. The lowest BCUT2D eigenvalue weighted by Crippen LogP contribution is -2.37. The highest BCUT2D eigenvalue weighted by Gasteiger charge is 2.23. The Balaban J connectivity index is 1.61. The minimum absolute atomic E-state index is 0.179. The van der Waals surface area contributed by atoms with E-state index in [2.05, 4.69) is 10.4 Å². The van der Waals surface area contributed by atoms with Gasteiger partial charge in [0.15, 0.2) is 0 Å². The Kier molecular flexibility index (Phi) is 5.55. The second kappa shape index (κ2) is 8.30. The summed E-state index contributed by atoms with van der Waals surface area (Å²) >= 11 is 0. The number of aryl methyl sites for hydroxylation is 1. The van der Waals surface area contributed by atoms with Crippen LogP contribution in [0.1, 0.15) is 41.2 Å². The zero-order chi connectivity index (χ0) is 22.0. The fourth-order valence-corrected chi connectivity index (χ4v) is 3.62. The number of amides is 1. The molecule has 0 atom stereocenters. The van der Waals surface area contributed by atoms with Crippen LogP contribution in [0.15, 0.2) is 66.9 Å². The predicted octanol–water partition coefficient (Wildman–Crippen LogP) is 4.63. The molecule has 0 radical (unpaired) electrons. The van der Waals surface area contributed by atoms with E-state index in [9.17, 15) is 9.18 Å². The number of rotatable bonds is 6. The third kappa shape index (κ3) is 4.48. The van der Waals surface area contributed by atoms with E-state index in [-0.39, 0.29) is 11.7 Å². The Bertz CT molecular complexity index is 1250. The summed E-state index contributed by atoms with van der Waals surface area (Å²) in [5, 5.41) is 8.15. The molecule has 1 amide bonds. The monoisotopic (exact) mass is 416 g/mol. The molecule has 1 N–H and O–H groups in total. The van der Waals surface area contributed by atoms with Gasteiger partial charge in [-0.25, -0.2) is 4.39 Å². The average molecular weight is 417 g/mol. The van der Waals surface area contributed by atoms with Gasteiger partial charge in [-0.1, -0.05) is 44.2 Å². The molecule has 0 unspecified atom stereocenters. The zero-order valence-electron chi connectivity index (χ0n) is 17.9. The van der Waals surface area contributed by atoms with Crippen LogP contribution in [-0.4, -0.2) is 27.2 Å². The van der Waals surface area contributed by atoms with Crippen LogP contribution in [0.5, 0.6) is 0 Å². The second-order valence-corrected chi connectivity index (χ2v) is 8.39. The van der Waals surface area contributed by atoms with E-state index in [4.69, 9.17) is 4.98 Å². The minimum atomic E-state index is -0.421. The third-order valence-electron chi connectivity index (χ3n) is 5.55. The first-order valence-electron chi connectivity index (χ1n) is 10.2. The summed E-state index contributed by atoms with van der Waals surface area (Å²) in [4.78, 5) is 17.9. The van der Waals surface area contributed by atoms with Gasteiger partial charge >= 0.3 is 0 Å². The third-order valence-corrected chi connectivity index (χ3v) is 5.55. The number of aromatic nitrogens is 3.